The van der Waals surface area contributed by atoms with Crippen molar-refractivity contribution in [3.8, 4) is 17.2 Å². The lowest BCUT2D eigenvalue weighted by atomic mass is 10.1. The molecule has 0 aromatic heterocycles. The van der Waals surface area contributed by atoms with Gasteiger partial charge in [0.2, 0.25) is 5.91 Å². The first-order valence-corrected chi connectivity index (χ1v) is 14.1. The number of rotatable bonds is 13. The van der Waals surface area contributed by atoms with Crippen LogP contribution in [0.15, 0.2) is 97.1 Å². The molecule has 4 aromatic rings. The number of hydrogen-bond donors (Lipinski definition) is 1. The van der Waals surface area contributed by atoms with Gasteiger partial charge in [0.15, 0.2) is 0 Å². The van der Waals surface area contributed by atoms with E-state index in [2.05, 4.69) is 5.32 Å². The fourth-order valence-corrected chi connectivity index (χ4v) is 4.70. The van der Waals surface area contributed by atoms with Gasteiger partial charge in [-0.2, -0.15) is 0 Å². The van der Waals surface area contributed by atoms with Crippen LogP contribution in [0.1, 0.15) is 27.0 Å². The number of nitrogens with one attached hydrogen (secondary N) is 1. The Morgan fingerprint density at radius 2 is 1.55 bits per heavy atom. The average molecular weight is 598 g/mol. The maximum atomic E-state index is 13.1. The van der Waals surface area contributed by atoms with E-state index in [0.717, 1.165) is 11.1 Å². The highest BCUT2D eigenvalue weighted by molar-refractivity contribution is 6.02. The van der Waals surface area contributed by atoms with E-state index in [1.807, 2.05) is 42.5 Å². The van der Waals surface area contributed by atoms with Crippen LogP contribution in [0.5, 0.6) is 17.2 Å². The topological polar surface area (TPSA) is 97.4 Å². The minimum absolute atomic E-state index is 0.0497. The highest BCUT2D eigenvalue weighted by Crippen LogP contribution is 2.24. The van der Waals surface area contributed by atoms with Gasteiger partial charge in [0, 0.05) is 13.1 Å². The molecule has 1 fully saturated rings. The summed E-state index contributed by atoms with van der Waals surface area (Å²) in [4.78, 5) is 41.3. The Kier molecular flexibility index (Phi) is 9.83. The zero-order valence-corrected chi connectivity index (χ0v) is 24.2. The first-order valence-electron chi connectivity index (χ1n) is 14.1. The Balaban J connectivity index is 1.14. The Hall–Kier alpha value is -5.22. The summed E-state index contributed by atoms with van der Waals surface area (Å²) in [7, 11) is 1.48. The second-order valence-electron chi connectivity index (χ2n) is 10.1. The molecular weight excluding hydrogens is 565 g/mol. The van der Waals surface area contributed by atoms with Crippen LogP contribution in [0.3, 0.4) is 0 Å². The van der Waals surface area contributed by atoms with E-state index < -0.39 is 6.03 Å². The number of carbonyl (C=O) groups is 3. The molecule has 0 saturated carbocycles. The summed E-state index contributed by atoms with van der Waals surface area (Å²) in [6.45, 7) is 1.16. The van der Waals surface area contributed by atoms with Crippen molar-refractivity contribution in [3.05, 3.63) is 125 Å². The first-order chi connectivity index (χ1) is 21.4. The minimum Gasteiger partial charge on any atom is -0.496 e. The van der Waals surface area contributed by atoms with Crippen molar-refractivity contribution in [2.75, 3.05) is 26.8 Å². The van der Waals surface area contributed by atoms with Crippen LogP contribution in [0.2, 0.25) is 0 Å². The van der Waals surface area contributed by atoms with E-state index in [0.29, 0.717) is 35.0 Å². The van der Waals surface area contributed by atoms with Gasteiger partial charge in [0.1, 0.15) is 29.6 Å². The quantitative estimate of drug-likeness (QED) is 0.161. The summed E-state index contributed by atoms with van der Waals surface area (Å²) in [5.74, 6) is 0.493. The normalized spacial score (nSPS) is 12.9. The van der Waals surface area contributed by atoms with Gasteiger partial charge < -0.3 is 24.4 Å². The van der Waals surface area contributed by atoms with Crippen LogP contribution >= 0.6 is 0 Å². The van der Waals surface area contributed by atoms with Gasteiger partial charge in [-0.15, -0.1) is 0 Å². The van der Waals surface area contributed by atoms with Gasteiger partial charge in [-0.25, -0.2) is 9.18 Å². The predicted octanol–water partition coefficient (Wildman–Crippen LogP) is 5.54. The molecule has 9 nitrogen and oxygen atoms in total. The second-order valence-corrected chi connectivity index (χ2v) is 10.1. The standard InChI is InChI=1S/C34H32FN3O6/c1-42-31-16-9-26(21-37-22-32(39)38(34(37)41)17-18-43-23-25-5-3-2-4-6-25)19-30(31)33(40)36-20-24-7-12-28(13-8-24)44-29-14-10-27(35)11-15-29/h2-16,19H,17-18,20-23H2,1H3,(H,36,40). The van der Waals surface area contributed by atoms with Crippen molar-refractivity contribution < 1.29 is 33.0 Å². The zero-order valence-electron chi connectivity index (χ0n) is 24.2. The van der Waals surface area contributed by atoms with Gasteiger partial charge in [-0.3, -0.25) is 14.5 Å². The van der Waals surface area contributed by atoms with Gasteiger partial charge in [0.25, 0.3) is 5.91 Å². The molecule has 10 heteroatoms. The van der Waals surface area contributed by atoms with Crippen molar-refractivity contribution in [2.24, 2.45) is 0 Å². The maximum Gasteiger partial charge on any atom is 0.327 e. The average Bonchev–Trinajstić information content (AvgIpc) is 3.31. The fourth-order valence-electron chi connectivity index (χ4n) is 4.70. The summed E-state index contributed by atoms with van der Waals surface area (Å²) in [6.07, 6.45) is 0. The third-order valence-electron chi connectivity index (χ3n) is 7.01. The third-order valence-corrected chi connectivity index (χ3v) is 7.01. The monoisotopic (exact) mass is 597 g/mol. The lowest BCUT2D eigenvalue weighted by Crippen LogP contribution is -2.35. The molecule has 1 saturated heterocycles. The molecule has 4 aromatic carbocycles. The van der Waals surface area contributed by atoms with Gasteiger partial charge in [0.05, 0.1) is 32.4 Å². The Morgan fingerprint density at radius 1 is 0.864 bits per heavy atom. The van der Waals surface area contributed by atoms with Crippen molar-refractivity contribution in [1.82, 2.24) is 15.1 Å². The van der Waals surface area contributed by atoms with E-state index in [4.69, 9.17) is 14.2 Å². The molecule has 0 atom stereocenters. The predicted molar refractivity (Wildman–Crippen MR) is 161 cm³/mol. The number of ether oxygens (including phenoxy) is 3. The lowest BCUT2D eigenvalue weighted by Gasteiger charge is -2.18. The van der Waals surface area contributed by atoms with Gasteiger partial charge >= 0.3 is 6.03 Å². The molecule has 1 aliphatic heterocycles. The van der Waals surface area contributed by atoms with Gasteiger partial charge in [-0.1, -0.05) is 48.5 Å². The molecule has 0 aliphatic carbocycles. The second kappa shape index (κ2) is 14.3. The van der Waals surface area contributed by atoms with Crippen molar-refractivity contribution in [2.45, 2.75) is 19.7 Å². The summed E-state index contributed by atoms with van der Waals surface area (Å²) in [6, 6.07) is 27.3. The molecule has 5 rings (SSSR count). The highest BCUT2D eigenvalue weighted by atomic mass is 19.1. The lowest BCUT2D eigenvalue weighted by molar-refractivity contribution is -0.125. The zero-order chi connectivity index (χ0) is 30.9. The number of amides is 4. The molecule has 0 unspecified atom stereocenters. The third kappa shape index (κ3) is 7.78. The molecule has 1 aliphatic rings. The van der Waals surface area contributed by atoms with Crippen LogP contribution in [-0.2, 0) is 29.2 Å². The summed E-state index contributed by atoms with van der Waals surface area (Å²) in [5.41, 5.74) is 2.85. The fraction of sp³-hybridized carbons (Fsp3) is 0.206. The Bertz CT molecular complexity index is 1600. The number of urea groups is 1. The molecule has 44 heavy (non-hydrogen) atoms. The number of carbonyl (C=O) groups excluding carboxylic acids is 3. The van der Waals surface area contributed by atoms with E-state index in [9.17, 15) is 18.8 Å². The van der Waals surface area contributed by atoms with Gasteiger partial charge in [-0.05, 0) is 65.2 Å². The largest absolute Gasteiger partial charge is 0.496 e. The van der Waals surface area contributed by atoms with E-state index in [-0.39, 0.29) is 50.4 Å². The van der Waals surface area contributed by atoms with Crippen LogP contribution < -0.4 is 14.8 Å². The van der Waals surface area contributed by atoms with Crippen LogP contribution in [0, 0.1) is 5.82 Å². The molecule has 1 heterocycles. The summed E-state index contributed by atoms with van der Waals surface area (Å²) >= 11 is 0. The van der Waals surface area contributed by atoms with Crippen LogP contribution in [0.25, 0.3) is 0 Å². The number of halogens is 1. The first kappa shape index (κ1) is 30.2. The Labute approximate surface area is 254 Å². The van der Waals surface area contributed by atoms with Crippen molar-refractivity contribution in [1.29, 1.82) is 0 Å². The minimum atomic E-state index is -0.396. The summed E-state index contributed by atoms with van der Waals surface area (Å²) < 4.78 is 29.9. The number of hydrogen-bond acceptors (Lipinski definition) is 6. The van der Waals surface area contributed by atoms with E-state index in [1.54, 1.807) is 42.5 Å². The number of benzene rings is 4. The molecule has 0 radical (unpaired) electrons. The molecular formula is C34H32FN3O6. The van der Waals surface area contributed by atoms with E-state index >= 15 is 0 Å². The van der Waals surface area contributed by atoms with Crippen LogP contribution in [-0.4, -0.2) is 54.5 Å². The summed E-state index contributed by atoms with van der Waals surface area (Å²) in [5, 5.41) is 2.89. The smallest absolute Gasteiger partial charge is 0.327 e. The van der Waals surface area contributed by atoms with Crippen molar-refractivity contribution >= 4 is 17.8 Å². The molecule has 4 amide bonds. The van der Waals surface area contributed by atoms with Crippen molar-refractivity contribution in [3.63, 3.8) is 0 Å². The number of imide groups is 1. The number of nitrogens with zero attached hydrogens (tertiary/aromatic N) is 2. The maximum absolute atomic E-state index is 13.1. The molecule has 226 valence electrons. The SMILES string of the molecule is COc1ccc(CN2CC(=O)N(CCOCc3ccccc3)C2=O)cc1C(=O)NCc1ccc(Oc2ccc(F)cc2)cc1. The number of methoxy groups -OCH3 is 1. The van der Waals surface area contributed by atoms with E-state index in [1.165, 1.54) is 29.0 Å². The molecule has 0 spiro atoms. The molecule has 0 bridgehead atoms. The highest BCUT2D eigenvalue weighted by Gasteiger charge is 2.35. The van der Waals surface area contributed by atoms with Crippen LogP contribution in [0.4, 0.5) is 9.18 Å². The Morgan fingerprint density at radius 3 is 2.25 bits per heavy atom. The molecule has 1 N–H and O–H groups in total.